The number of fused-ring (bicyclic) bond motifs is 10. The highest BCUT2D eigenvalue weighted by atomic mass is 14.9. The van der Waals surface area contributed by atoms with E-state index in [9.17, 15) is 5.48 Å². The number of anilines is 2. The van der Waals surface area contributed by atoms with Gasteiger partial charge in [-0.15, -0.1) is 0 Å². The molecule has 0 saturated carbocycles. The van der Waals surface area contributed by atoms with Gasteiger partial charge in [-0.05, 0) is 102 Å². The SMILES string of the molecule is [2H]c1c([2H])c([2H])c2c(c1[2H])-c1c([2H])c([2H])c([2H])c([2H])c1C21c2ccccc2-c2cccc(-c3ccc(Nc4c(-c5ccccc5)cc(-c5ccccc5)cc4-c4ccccc4)cc3)c21. The van der Waals surface area contributed by atoms with E-state index in [2.05, 4.69) is 66.0 Å². The van der Waals surface area contributed by atoms with Crippen molar-refractivity contribution < 1.29 is 11.0 Å². The first-order valence-corrected chi connectivity index (χ1v) is 18.8. The molecule has 0 atom stereocenters. The summed E-state index contributed by atoms with van der Waals surface area (Å²) in [7, 11) is 0. The van der Waals surface area contributed by atoms with Gasteiger partial charge in [0.2, 0.25) is 0 Å². The van der Waals surface area contributed by atoms with Crippen LogP contribution in [0.5, 0.6) is 0 Å². The molecule has 1 N–H and O–H groups in total. The van der Waals surface area contributed by atoms with Crippen molar-refractivity contribution in [3.8, 4) is 66.8 Å². The predicted octanol–water partition coefficient (Wildman–Crippen LogP) is 14.4. The lowest BCUT2D eigenvalue weighted by molar-refractivity contribution is 0.796. The number of hydrogen-bond donors (Lipinski definition) is 1. The van der Waals surface area contributed by atoms with Crippen LogP contribution in [0, 0.1) is 0 Å². The molecule has 56 heavy (non-hydrogen) atoms. The van der Waals surface area contributed by atoms with Crippen molar-refractivity contribution >= 4 is 11.4 Å². The molecular weight excluding hydrogens is 675 g/mol. The Bertz CT molecular complexity index is 3240. The van der Waals surface area contributed by atoms with Crippen molar-refractivity contribution in [1.82, 2.24) is 0 Å². The number of hydrogen-bond acceptors (Lipinski definition) is 1. The van der Waals surface area contributed by atoms with Crippen molar-refractivity contribution in [2.24, 2.45) is 0 Å². The molecule has 0 aromatic heterocycles. The lowest BCUT2D eigenvalue weighted by atomic mass is 9.68. The van der Waals surface area contributed by atoms with E-state index in [1.54, 1.807) is 0 Å². The molecule has 9 aromatic rings. The Morgan fingerprint density at radius 1 is 0.339 bits per heavy atom. The topological polar surface area (TPSA) is 12.0 Å². The summed E-state index contributed by atoms with van der Waals surface area (Å²) >= 11 is 0. The molecule has 1 nitrogen and oxygen atoms in total. The Morgan fingerprint density at radius 3 is 1.43 bits per heavy atom. The minimum Gasteiger partial charge on any atom is -0.355 e. The van der Waals surface area contributed by atoms with E-state index in [0.29, 0.717) is 11.1 Å². The zero-order valence-corrected chi connectivity index (χ0v) is 30.2. The Labute approximate surface area is 339 Å². The molecule has 0 aliphatic heterocycles. The Hall–Kier alpha value is -7.22. The van der Waals surface area contributed by atoms with E-state index < -0.39 is 29.6 Å². The molecule has 0 heterocycles. The first-order chi connectivity index (χ1) is 31.1. The van der Waals surface area contributed by atoms with E-state index in [0.717, 1.165) is 67.0 Å². The minimum atomic E-state index is -1.49. The average molecular weight is 720 g/mol. The first-order valence-electron chi connectivity index (χ1n) is 22.8. The number of benzene rings is 9. The molecule has 0 radical (unpaired) electrons. The summed E-state index contributed by atoms with van der Waals surface area (Å²) in [6.07, 6.45) is 0. The van der Waals surface area contributed by atoms with Gasteiger partial charge in [-0.25, -0.2) is 0 Å². The molecule has 2 aliphatic rings. The van der Waals surface area contributed by atoms with E-state index in [1.807, 2.05) is 109 Å². The highest BCUT2D eigenvalue weighted by Crippen LogP contribution is 2.64. The van der Waals surface area contributed by atoms with Crippen LogP contribution in [-0.2, 0) is 5.41 Å². The molecule has 262 valence electrons. The van der Waals surface area contributed by atoms with Gasteiger partial charge in [0, 0.05) is 16.8 Å². The van der Waals surface area contributed by atoms with Gasteiger partial charge in [0.1, 0.15) is 0 Å². The summed E-state index contributed by atoms with van der Waals surface area (Å²) in [5.41, 5.74) is 12.1. The summed E-state index contributed by atoms with van der Waals surface area (Å²) in [5, 5.41) is 3.82. The fraction of sp³-hybridized carbons (Fsp3) is 0.0182. The van der Waals surface area contributed by atoms with Crippen molar-refractivity contribution in [3.63, 3.8) is 0 Å². The van der Waals surface area contributed by atoms with Gasteiger partial charge < -0.3 is 5.32 Å². The van der Waals surface area contributed by atoms with Gasteiger partial charge in [0.05, 0.1) is 22.1 Å². The Morgan fingerprint density at radius 2 is 0.821 bits per heavy atom. The third-order valence-corrected chi connectivity index (χ3v) is 11.3. The van der Waals surface area contributed by atoms with Crippen LogP contribution in [0.15, 0.2) is 218 Å². The third kappa shape index (κ3) is 4.88. The van der Waals surface area contributed by atoms with Crippen LogP contribution in [0.2, 0.25) is 0 Å². The van der Waals surface area contributed by atoms with Gasteiger partial charge in [-0.2, -0.15) is 0 Å². The van der Waals surface area contributed by atoms with E-state index in [-0.39, 0.29) is 46.4 Å². The van der Waals surface area contributed by atoms with Gasteiger partial charge in [0.25, 0.3) is 0 Å². The molecule has 0 unspecified atom stereocenters. The molecule has 9 aromatic carbocycles. The molecule has 0 amide bonds. The molecule has 0 fully saturated rings. The number of rotatable bonds is 6. The van der Waals surface area contributed by atoms with Crippen LogP contribution in [0.4, 0.5) is 11.4 Å². The van der Waals surface area contributed by atoms with Crippen LogP contribution < -0.4 is 5.32 Å². The van der Waals surface area contributed by atoms with Crippen molar-refractivity contribution in [2.45, 2.75) is 5.41 Å². The summed E-state index contributed by atoms with van der Waals surface area (Å²) in [5.74, 6) is 0. The summed E-state index contributed by atoms with van der Waals surface area (Å²) in [4.78, 5) is 0. The van der Waals surface area contributed by atoms with Gasteiger partial charge in [-0.1, -0.05) is 194 Å². The molecule has 11 rings (SSSR count). The molecule has 1 spiro atoms. The van der Waals surface area contributed by atoms with Gasteiger partial charge in [-0.3, -0.25) is 0 Å². The Balaban J connectivity index is 1.12. The zero-order chi connectivity index (χ0) is 44.0. The van der Waals surface area contributed by atoms with Crippen LogP contribution in [0.25, 0.3) is 66.8 Å². The maximum atomic E-state index is 9.53. The quantitative estimate of drug-likeness (QED) is 0.180. The van der Waals surface area contributed by atoms with Crippen LogP contribution in [-0.4, -0.2) is 0 Å². The smallest absolute Gasteiger partial charge is 0.0731 e. The lowest BCUT2D eigenvalue weighted by Crippen LogP contribution is -2.26. The maximum absolute atomic E-state index is 9.53. The molecule has 2 aliphatic carbocycles. The predicted molar refractivity (Wildman–Crippen MR) is 234 cm³/mol. The minimum absolute atomic E-state index is 0.103. The monoisotopic (exact) mass is 719 g/mol. The second-order valence-electron chi connectivity index (χ2n) is 14.3. The molecular formula is C55H37N. The first kappa shape index (κ1) is 25.0. The highest BCUT2D eigenvalue weighted by Gasteiger charge is 2.52. The van der Waals surface area contributed by atoms with E-state index in [4.69, 9.17) is 5.48 Å². The molecule has 0 saturated heterocycles. The molecule has 1 heteroatoms. The Kier molecular flexibility index (Phi) is 5.78. The fourth-order valence-corrected chi connectivity index (χ4v) is 8.95. The second kappa shape index (κ2) is 13.0. The van der Waals surface area contributed by atoms with E-state index in [1.165, 1.54) is 0 Å². The van der Waals surface area contributed by atoms with Crippen molar-refractivity contribution in [3.05, 3.63) is 240 Å². The highest BCUT2D eigenvalue weighted by molar-refractivity contribution is 6.00. The van der Waals surface area contributed by atoms with Crippen LogP contribution in [0.3, 0.4) is 0 Å². The third-order valence-electron chi connectivity index (χ3n) is 11.3. The standard InChI is InChI=1S/C55H37N/c1-4-17-37(18-5-1)41-35-48(38-19-6-2-7-20-38)54(49(36-41)39-21-8-3-9-22-39)56-42-33-31-40(32-34-42)43-26-16-27-47-46-25-12-15-30-52(46)55(53(43)47)50-28-13-10-23-44(50)45-24-11-14-29-51(45)55/h1-36,56H/i10D,11D,13D,14D,23D,24D,28D,29D. The van der Waals surface area contributed by atoms with Gasteiger partial charge in [0.15, 0.2) is 0 Å². The fourth-order valence-electron chi connectivity index (χ4n) is 8.95. The summed E-state index contributed by atoms with van der Waals surface area (Å²) < 4.78 is 72.8. The van der Waals surface area contributed by atoms with E-state index >= 15 is 0 Å². The maximum Gasteiger partial charge on any atom is 0.0731 e. The summed E-state index contributed by atoms with van der Waals surface area (Å²) in [6, 6.07) is 54.4. The normalized spacial score (nSPS) is 14.8. The second-order valence-corrected chi connectivity index (χ2v) is 14.3. The van der Waals surface area contributed by atoms with Crippen LogP contribution in [0.1, 0.15) is 33.2 Å². The largest absolute Gasteiger partial charge is 0.355 e. The zero-order valence-electron chi connectivity index (χ0n) is 38.2. The average Bonchev–Trinajstić information content (AvgIpc) is 3.83. The van der Waals surface area contributed by atoms with Gasteiger partial charge >= 0.3 is 0 Å². The number of nitrogens with one attached hydrogen (secondary N) is 1. The van der Waals surface area contributed by atoms with Crippen molar-refractivity contribution in [2.75, 3.05) is 5.32 Å². The lowest BCUT2D eigenvalue weighted by Gasteiger charge is -2.32. The summed E-state index contributed by atoms with van der Waals surface area (Å²) in [6.45, 7) is 0. The van der Waals surface area contributed by atoms with Crippen LogP contribution >= 0.6 is 0 Å². The van der Waals surface area contributed by atoms with Crippen molar-refractivity contribution in [1.29, 1.82) is 0 Å². The molecule has 0 bridgehead atoms.